The van der Waals surface area contributed by atoms with Gasteiger partial charge in [-0.1, -0.05) is 0 Å². The molecule has 0 unspecified atom stereocenters. The highest BCUT2D eigenvalue weighted by atomic mass is 16.5. The molecule has 0 amide bonds. The van der Waals surface area contributed by atoms with Crippen molar-refractivity contribution in [2.45, 2.75) is 26.3 Å². The zero-order valence-electron chi connectivity index (χ0n) is 11.4. The summed E-state index contributed by atoms with van der Waals surface area (Å²) in [7, 11) is 1.42. The fourth-order valence-electron chi connectivity index (χ4n) is 2.13. The van der Waals surface area contributed by atoms with E-state index in [4.69, 9.17) is 4.74 Å². The predicted molar refractivity (Wildman–Crippen MR) is 74.4 cm³/mol. The first-order valence-electron chi connectivity index (χ1n) is 6.53. The molecule has 0 spiro atoms. The summed E-state index contributed by atoms with van der Waals surface area (Å²) < 4.78 is 12.3. The molecule has 4 nitrogen and oxygen atoms in total. The maximum absolute atomic E-state index is 11.1. The number of ether oxygens (including phenoxy) is 2. The Morgan fingerprint density at radius 2 is 2.16 bits per heavy atom. The van der Waals surface area contributed by atoms with Crippen molar-refractivity contribution in [3.63, 3.8) is 0 Å². The molecule has 0 bridgehead atoms. The number of methoxy groups -OCH3 is 1. The monoisotopic (exact) mass is 261 g/mol. The summed E-state index contributed by atoms with van der Waals surface area (Å²) in [5.74, 6) is 0.734. The summed E-state index contributed by atoms with van der Waals surface area (Å²) in [6.45, 7) is 3.46. The lowest BCUT2D eigenvalue weighted by Gasteiger charge is -2.06. The van der Waals surface area contributed by atoms with Gasteiger partial charge in [-0.2, -0.15) is 0 Å². The molecular weight excluding hydrogens is 242 g/mol. The molecule has 2 rings (SSSR count). The van der Waals surface area contributed by atoms with Gasteiger partial charge in [0.15, 0.2) is 0 Å². The van der Waals surface area contributed by atoms with Crippen LogP contribution in [0.4, 0.5) is 0 Å². The molecule has 0 aliphatic rings. The van der Waals surface area contributed by atoms with Gasteiger partial charge in [0.1, 0.15) is 5.75 Å². The van der Waals surface area contributed by atoms with Gasteiger partial charge in [0, 0.05) is 30.1 Å². The Kier molecular flexibility index (Phi) is 4.44. The lowest BCUT2D eigenvalue weighted by atomic mass is 10.2. The Bertz CT molecular complexity index is 560. The van der Waals surface area contributed by atoms with E-state index >= 15 is 0 Å². The quantitative estimate of drug-likeness (QED) is 0.750. The molecule has 1 aromatic carbocycles. The number of aromatic nitrogens is 1. The summed E-state index contributed by atoms with van der Waals surface area (Å²) in [5, 5.41) is 1.16. The van der Waals surface area contributed by atoms with Crippen molar-refractivity contribution in [3.8, 4) is 5.75 Å². The van der Waals surface area contributed by atoms with E-state index < -0.39 is 0 Å². The number of esters is 1. The summed E-state index contributed by atoms with van der Waals surface area (Å²) in [6, 6.07) is 8.13. The van der Waals surface area contributed by atoms with Crippen LogP contribution in [0.5, 0.6) is 5.75 Å². The normalized spacial score (nSPS) is 10.6. The molecule has 0 radical (unpaired) electrons. The molecule has 4 heteroatoms. The minimum absolute atomic E-state index is 0.157. The molecular formula is C15H19NO3. The summed E-state index contributed by atoms with van der Waals surface area (Å²) in [5.41, 5.74) is 1.16. The maximum atomic E-state index is 11.1. The Morgan fingerprint density at radius 1 is 1.32 bits per heavy atom. The third kappa shape index (κ3) is 3.28. The van der Waals surface area contributed by atoms with E-state index in [-0.39, 0.29) is 5.97 Å². The molecule has 0 atom stereocenters. The van der Waals surface area contributed by atoms with E-state index in [1.165, 1.54) is 7.11 Å². The number of hydrogen-bond donors (Lipinski definition) is 0. The maximum Gasteiger partial charge on any atom is 0.305 e. The Balaban J connectivity index is 2.06. The van der Waals surface area contributed by atoms with E-state index in [1.807, 2.05) is 25.3 Å². The lowest BCUT2D eigenvalue weighted by molar-refractivity contribution is -0.140. The molecule has 1 heterocycles. The van der Waals surface area contributed by atoms with Crippen LogP contribution >= 0.6 is 0 Å². The fraction of sp³-hybridized carbons (Fsp3) is 0.400. The highest BCUT2D eigenvalue weighted by Gasteiger charge is 2.04. The molecule has 19 heavy (non-hydrogen) atoms. The van der Waals surface area contributed by atoms with Crippen LogP contribution in [0.1, 0.15) is 19.8 Å². The van der Waals surface area contributed by atoms with Gasteiger partial charge in [0.05, 0.1) is 13.7 Å². The lowest BCUT2D eigenvalue weighted by Crippen LogP contribution is -2.03. The molecule has 102 valence electrons. The van der Waals surface area contributed by atoms with Crippen LogP contribution < -0.4 is 4.74 Å². The van der Waals surface area contributed by atoms with Crippen LogP contribution in [0.2, 0.25) is 0 Å². The SMILES string of the molecule is CCOc1ccc2c(ccn2CCCC(=O)OC)c1. The van der Waals surface area contributed by atoms with Crippen molar-refractivity contribution >= 4 is 16.9 Å². The van der Waals surface area contributed by atoms with Gasteiger partial charge in [0.25, 0.3) is 0 Å². The van der Waals surface area contributed by atoms with E-state index in [0.29, 0.717) is 13.0 Å². The largest absolute Gasteiger partial charge is 0.494 e. The van der Waals surface area contributed by atoms with Crippen molar-refractivity contribution in [3.05, 3.63) is 30.5 Å². The summed E-state index contributed by atoms with van der Waals surface area (Å²) in [6.07, 6.45) is 3.27. The van der Waals surface area contributed by atoms with Crippen molar-refractivity contribution in [1.82, 2.24) is 4.57 Å². The van der Waals surface area contributed by atoms with Crippen molar-refractivity contribution in [2.24, 2.45) is 0 Å². The van der Waals surface area contributed by atoms with Gasteiger partial charge in [-0.3, -0.25) is 4.79 Å². The van der Waals surface area contributed by atoms with Gasteiger partial charge in [0.2, 0.25) is 0 Å². The molecule has 0 saturated carbocycles. The molecule has 0 aliphatic carbocycles. The van der Waals surface area contributed by atoms with Crippen LogP contribution in [0, 0.1) is 0 Å². The van der Waals surface area contributed by atoms with Gasteiger partial charge in [-0.05, 0) is 37.6 Å². The zero-order valence-corrected chi connectivity index (χ0v) is 11.4. The molecule has 1 aromatic heterocycles. The van der Waals surface area contributed by atoms with Gasteiger partial charge in [-0.15, -0.1) is 0 Å². The van der Waals surface area contributed by atoms with Crippen LogP contribution in [0.3, 0.4) is 0 Å². The molecule has 0 saturated heterocycles. The highest BCUT2D eigenvalue weighted by Crippen LogP contribution is 2.22. The number of hydrogen-bond acceptors (Lipinski definition) is 3. The van der Waals surface area contributed by atoms with Crippen LogP contribution in [-0.4, -0.2) is 24.3 Å². The number of carbonyl (C=O) groups excluding carboxylic acids is 1. The van der Waals surface area contributed by atoms with Gasteiger partial charge in [-0.25, -0.2) is 0 Å². The second-order valence-corrected chi connectivity index (χ2v) is 4.34. The fourth-order valence-corrected chi connectivity index (χ4v) is 2.13. The molecule has 2 aromatic rings. The Labute approximate surface area is 112 Å². The average molecular weight is 261 g/mol. The van der Waals surface area contributed by atoms with Crippen molar-refractivity contribution in [2.75, 3.05) is 13.7 Å². The van der Waals surface area contributed by atoms with Gasteiger partial charge < -0.3 is 14.0 Å². The summed E-state index contributed by atoms with van der Waals surface area (Å²) in [4.78, 5) is 11.1. The van der Waals surface area contributed by atoms with E-state index in [9.17, 15) is 4.79 Å². The smallest absolute Gasteiger partial charge is 0.305 e. The first kappa shape index (κ1) is 13.5. The van der Waals surface area contributed by atoms with Crippen LogP contribution in [-0.2, 0) is 16.1 Å². The van der Waals surface area contributed by atoms with E-state index in [2.05, 4.69) is 21.4 Å². The molecule has 0 aliphatic heterocycles. The minimum atomic E-state index is -0.157. The first-order valence-corrected chi connectivity index (χ1v) is 6.53. The minimum Gasteiger partial charge on any atom is -0.494 e. The first-order chi connectivity index (χ1) is 9.24. The second-order valence-electron chi connectivity index (χ2n) is 4.34. The second kappa shape index (κ2) is 6.27. The van der Waals surface area contributed by atoms with Gasteiger partial charge >= 0.3 is 5.97 Å². The van der Waals surface area contributed by atoms with E-state index in [1.54, 1.807) is 0 Å². The zero-order chi connectivity index (χ0) is 13.7. The number of fused-ring (bicyclic) bond motifs is 1. The summed E-state index contributed by atoms with van der Waals surface area (Å²) >= 11 is 0. The number of nitrogens with zero attached hydrogens (tertiary/aromatic N) is 1. The van der Waals surface area contributed by atoms with Crippen molar-refractivity contribution in [1.29, 1.82) is 0 Å². The standard InChI is InChI=1S/C15H19NO3/c1-3-19-13-6-7-14-12(11-13)8-10-16(14)9-4-5-15(17)18-2/h6-8,10-11H,3-5,9H2,1-2H3. The third-order valence-electron chi connectivity index (χ3n) is 3.06. The third-order valence-corrected chi connectivity index (χ3v) is 3.06. The molecule has 0 N–H and O–H groups in total. The van der Waals surface area contributed by atoms with Crippen molar-refractivity contribution < 1.29 is 14.3 Å². The number of rotatable bonds is 6. The van der Waals surface area contributed by atoms with Crippen LogP contribution in [0.15, 0.2) is 30.5 Å². The van der Waals surface area contributed by atoms with Crippen LogP contribution in [0.25, 0.3) is 10.9 Å². The topological polar surface area (TPSA) is 40.5 Å². The highest BCUT2D eigenvalue weighted by molar-refractivity contribution is 5.81. The van der Waals surface area contributed by atoms with E-state index in [0.717, 1.165) is 29.6 Å². The number of carbonyl (C=O) groups is 1. The Morgan fingerprint density at radius 3 is 2.89 bits per heavy atom. The number of aryl methyl sites for hydroxylation is 1. The molecule has 0 fully saturated rings. The number of benzene rings is 1. The Hall–Kier alpha value is -1.97. The predicted octanol–water partition coefficient (Wildman–Crippen LogP) is 2.99. The average Bonchev–Trinajstić information content (AvgIpc) is 2.81.